The van der Waals surface area contributed by atoms with Gasteiger partial charge in [-0.15, -0.1) is 0 Å². The first-order valence-corrected chi connectivity index (χ1v) is 7.43. The van der Waals surface area contributed by atoms with E-state index < -0.39 is 5.97 Å². The number of carboxylic acid groups (broad SMARTS) is 1. The van der Waals surface area contributed by atoms with Crippen LogP contribution in [0.25, 0.3) is 0 Å². The van der Waals surface area contributed by atoms with Crippen LogP contribution in [0.4, 0.5) is 0 Å². The van der Waals surface area contributed by atoms with Gasteiger partial charge in [-0.3, -0.25) is 4.79 Å². The van der Waals surface area contributed by atoms with Crippen molar-refractivity contribution in [3.05, 3.63) is 0 Å². The van der Waals surface area contributed by atoms with Crippen LogP contribution in [0.1, 0.15) is 39.0 Å². The van der Waals surface area contributed by atoms with E-state index in [0.717, 1.165) is 25.8 Å². The molecule has 0 aliphatic carbocycles. The fourth-order valence-electron chi connectivity index (χ4n) is 1.98. The minimum Gasteiger partial charge on any atom is -0.480 e. The van der Waals surface area contributed by atoms with Gasteiger partial charge in [-0.2, -0.15) is 11.8 Å². The second kappa shape index (κ2) is 7.96. The van der Waals surface area contributed by atoms with Crippen LogP contribution < -0.4 is 5.32 Å². The van der Waals surface area contributed by atoms with Crippen molar-refractivity contribution >= 4 is 17.7 Å². The lowest BCUT2D eigenvalue weighted by Gasteiger charge is -2.23. The Hall–Kier alpha value is -0.220. The Morgan fingerprint density at radius 2 is 2.19 bits per heavy atom. The maximum atomic E-state index is 11.0. The molecule has 0 saturated carbocycles. The van der Waals surface area contributed by atoms with Crippen LogP contribution in [-0.4, -0.2) is 35.2 Å². The van der Waals surface area contributed by atoms with E-state index in [0.29, 0.717) is 5.92 Å². The fourth-order valence-corrected chi connectivity index (χ4v) is 3.18. The largest absolute Gasteiger partial charge is 0.480 e. The maximum absolute atomic E-state index is 11.0. The molecule has 0 radical (unpaired) electrons. The molecule has 1 heterocycles. The first kappa shape index (κ1) is 13.8. The van der Waals surface area contributed by atoms with E-state index in [-0.39, 0.29) is 6.04 Å². The van der Waals surface area contributed by atoms with Crippen LogP contribution in [0.3, 0.4) is 0 Å². The molecular weight excluding hydrogens is 222 g/mol. The molecule has 4 heteroatoms. The number of carbonyl (C=O) groups is 1. The number of hydrogen-bond donors (Lipinski definition) is 2. The highest BCUT2D eigenvalue weighted by Crippen LogP contribution is 2.22. The standard InChI is InChI=1S/C12H23NO2S/c1-2-3-4-11(12(14)15)13-9-10-5-7-16-8-6-10/h10-11,13H,2-9H2,1H3,(H,14,15). The molecule has 2 N–H and O–H groups in total. The van der Waals surface area contributed by atoms with E-state index in [2.05, 4.69) is 12.2 Å². The zero-order valence-electron chi connectivity index (χ0n) is 10.1. The summed E-state index contributed by atoms with van der Waals surface area (Å²) in [5, 5.41) is 12.3. The van der Waals surface area contributed by atoms with Crippen LogP contribution in [0.15, 0.2) is 0 Å². The van der Waals surface area contributed by atoms with Gasteiger partial charge in [0, 0.05) is 0 Å². The van der Waals surface area contributed by atoms with E-state index in [1.54, 1.807) is 0 Å². The predicted octanol–water partition coefficient (Wildman–Crippen LogP) is 2.36. The third-order valence-corrected chi connectivity index (χ3v) is 4.19. The first-order valence-electron chi connectivity index (χ1n) is 6.28. The number of thioether (sulfide) groups is 1. The van der Waals surface area contributed by atoms with Crippen LogP contribution in [-0.2, 0) is 4.79 Å². The Labute approximate surface area is 102 Å². The summed E-state index contributed by atoms with van der Waals surface area (Å²) in [7, 11) is 0. The lowest BCUT2D eigenvalue weighted by atomic mass is 10.0. The Morgan fingerprint density at radius 3 is 2.75 bits per heavy atom. The quantitative estimate of drug-likeness (QED) is 0.723. The Balaban J connectivity index is 2.22. The van der Waals surface area contributed by atoms with Crippen molar-refractivity contribution in [3.63, 3.8) is 0 Å². The van der Waals surface area contributed by atoms with E-state index in [1.807, 2.05) is 11.8 Å². The van der Waals surface area contributed by atoms with Crippen molar-refractivity contribution in [1.82, 2.24) is 5.32 Å². The van der Waals surface area contributed by atoms with E-state index >= 15 is 0 Å². The minimum absolute atomic E-state index is 0.338. The fraction of sp³-hybridized carbons (Fsp3) is 0.917. The van der Waals surface area contributed by atoms with Crippen LogP contribution in [0.5, 0.6) is 0 Å². The second-order valence-corrected chi connectivity index (χ2v) is 5.72. The van der Waals surface area contributed by atoms with Gasteiger partial charge in [-0.1, -0.05) is 19.8 Å². The maximum Gasteiger partial charge on any atom is 0.320 e. The van der Waals surface area contributed by atoms with Gasteiger partial charge in [0.15, 0.2) is 0 Å². The molecule has 0 bridgehead atoms. The topological polar surface area (TPSA) is 49.3 Å². The van der Waals surface area contributed by atoms with E-state index in [1.165, 1.54) is 24.3 Å². The first-order chi connectivity index (χ1) is 7.74. The van der Waals surface area contributed by atoms with Crippen LogP contribution in [0.2, 0.25) is 0 Å². The normalized spacial score (nSPS) is 19.6. The van der Waals surface area contributed by atoms with Crippen molar-refractivity contribution in [2.24, 2.45) is 5.92 Å². The predicted molar refractivity (Wildman–Crippen MR) is 69.0 cm³/mol. The van der Waals surface area contributed by atoms with Crippen molar-refractivity contribution in [1.29, 1.82) is 0 Å². The number of hydrogen-bond acceptors (Lipinski definition) is 3. The van der Waals surface area contributed by atoms with Gasteiger partial charge in [-0.25, -0.2) is 0 Å². The zero-order valence-corrected chi connectivity index (χ0v) is 10.9. The van der Waals surface area contributed by atoms with Crippen LogP contribution in [0, 0.1) is 5.92 Å². The number of nitrogens with one attached hydrogen (secondary N) is 1. The molecule has 1 rings (SSSR count). The molecular formula is C12H23NO2S. The molecule has 0 aromatic heterocycles. The van der Waals surface area contributed by atoms with Crippen LogP contribution >= 0.6 is 11.8 Å². The molecule has 94 valence electrons. The van der Waals surface area contributed by atoms with Gasteiger partial charge in [-0.05, 0) is 43.2 Å². The second-order valence-electron chi connectivity index (χ2n) is 4.50. The summed E-state index contributed by atoms with van der Waals surface area (Å²) < 4.78 is 0. The lowest BCUT2D eigenvalue weighted by Crippen LogP contribution is -2.40. The van der Waals surface area contributed by atoms with Crippen molar-refractivity contribution in [2.75, 3.05) is 18.1 Å². The van der Waals surface area contributed by atoms with Crippen molar-refractivity contribution < 1.29 is 9.90 Å². The smallest absolute Gasteiger partial charge is 0.320 e. The zero-order chi connectivity index (χ0) is 11.8. The summed E-state index contributed by atoms with van der Waals surface area (Å²) in [6.45, 7) is 2.97. The summed E-state index contributed by atoms with van der Waals surface area (Å²) in [6, 6.07) is -0.338. The molecule has 1 aliphatic rings. The van der Waals surface area contributed by atoms with Gasteiger partial charge in [0.1, 0.15) is 6.04 Å². The molecule has 0 aromatic rings. The minimum atomic E-state index is -0.696. The van der Waals surface area contributed by atoms with Gasteiger partial charge >= 0.3 is 5.97 Å². The summed E-state index contributed by atoms with van der Waals surface area (Å²) >= 11 is 2.01. The monoisotopic (exact) mass is 245 g/mol. The molecule has 1 aliphatic heterocycles. The van der Waals surface area contributed by atoms with E-state index in [4.69, 9.17) is 5.11 Å². The Morgan fingerprint density at radius 1 is 1.50 bits per heavy atom. The lowest BCUT2D eigenvalue weighted by molar-refractivity contribution is -0.139. The average molecular weight is 245 g/mol. The van der Waals surface area contributed by atoms with Gasteiger partial charge in [0.25, 0.3) is 0 Å². The highest BCUT2D eigenvalue weighted by molar-refractivity contribution is 7.99. The molecule has 0 aromatic carbocycles. The van der Waals surface area contributed by atoms with Crippen molar-refractivity contribution in [3.8, 4) is 0 Å². The molecule has 3 nitrogen and oxygen atoms in total. The number of aliphatic carboxylic acids is 1. The molecule has 1 fully saturated rings. The molecule has 1 saturated heterocycles. The Bertz CT molecular complexity index is 205. The van der Waals surface area contributed by atoms with Gasteiger partial charge in [0.05, 0.1) is 0 Å². The van der Waals surface area contributed by atoms with Gasteiger partial charge < -0.3 is 10.4 Å². The number of carboxylic acids is 1. The number of rotatable bonds is 7. The molecule has 1 unspecified atom stereocenters. The Kier molecular flexibility index (Phi) is 6.88. The van der Waals surface area contributed by atoms with E-state index in [9.17, 15) is 4.79 Å². The molecule has 16 heavy (non-hydrogen) atoms. The SMILES string of the molecule is CCCCC(NCC1CCSCC1)C(=O)O. The molecule has 0 amide bonds. The summed E-state index contributed by atoms with van der Waals surface area (Å²) in [6.07, 6.45) is 5.28. The van der Waals surface area contributed by atoms with Gasteiger partial charge in [0.2, 0.25) is 0 Å². The average Bonchev–Trinajstić information content (AvgIpc) is 2.30. The highest BCUT2D eigenvalue weighted by Gasteiger charge is 2.19. The highest BCUT2D eigenvalue weighted by atomic mass is 32.2. The summed E-state index contributed by atoms with van der Waals surface area (Å²) in [5.74, 6) is 2.46. The third kappa shape index (κ3) is 5.21. The summed E-state index contributed by atoms with van der Waals surface area (Å²) in [4.78, 5) is 11.0. The number of unbranched alkanes of at least 4 members (excludes halogenated alkanes) is 1. The third-order valence-electron chi connectivity index (χ3n) is 3.14. The van der Waals surface area contributed by atoms with Crippen molar-refractivity contribution in [2.45, 2.75) is 45.1 Å². The molecule has 1 atom stereocenters. The summed E-state index contributed by atoms with van der Waals surface area (Å²) in [5.41, 5.74) is 0. The molecule has 0 spiro atoms.